The Kier molecular flexibility index (Phi) is 8.11. The van der Waals surface area contributed by atoms with Gasteiger partial charge in [0.05, 0.1) is 11.8 Å². The summed E-state index contributed by atoms with van der Waals surface area (Å²) in [5.41, 5.74) is 6.31. The van der Waals surface area contributed by atoms with Crippen molar-refractivity contribution in [3.8, 4) is 11.5 Å². The Labute approximate surface area is 214 Å². The molecule has 1 N–H and O–H groups in total. The van der Waals surface area contributed by atoms with Crippen molar-refractivity contribution in [1.29, 1.82) is 0 Å². The lowest BCUT2D eigenvalue weighted by Crippen LogP contribution is -2.17. The van der Waals surface area contributed by atoms with Gasteiger partial charge >= 0.3 is 5.97 Å². The van der Waals surface area contributed by atoms with Crippen LogP contribution in [0.4, 0.5) is 0 Å². The van der Waals surface area contributed by atoms with E-state index in [-0.39, 0.29) is 5.91 Å². The molecule has 36 heavy (non-hydrogen) atoms. The van der Waals surface area contributed by atoms with E-state index in [1.54, 1.807) is 72.8 Å². The minimum Gasteiger partial charge on any atom is -0.489 e. The summed E-state index contributed by atoms with van der Waals surface area (Å²) >= 11 is 5.91. The monoisotopic (exact) mass is 498 g/mol. The summed E-state index contributed by atoms with van der Waals surface area (Å²) in [6.07, 6.45) is 1.50. The van der Waals surface area contributed by atoms with E-state index in [9.17, 15) is 9.59 Å². The van der Waals surface area contributed by atoms with Crippen molar-refractivity contribution in [2.24, 2.45) is 5.10 Å². The van der Waals surface area contributed by atoms with Gasteiger partial charge in [-0.1, -0.05) is 47.5 Å². The lowest BCUT2D eigenvalue weighted by Gasteiger charge is -2.07. The van der Waals surface area contributed by atoms with Crippen LogP contribution in [0, 0.1) is 6.92 Å². The molecule has 0 aliphatic carbocycles. The van der Waals surface area contributed by atoms with Crippen molar-refractivity contribution in [2.75, 3.05) is 0 Å². The largest absolute Gasteiger partial charge is 0.489 e. The van der Waals surface area contributed by atoms with Crippen molar-refractivity contribution in [1.82, 2.24) is 5.43 Å². The number of ether oxygens (including phenoxy) is 2. The van der Waals surface area contributed by atoms with Crippen molar-refractivity contribution in [3.63, 3.8) is 0 Å². The second kappa shape index (κ2) is 11.8. The molecule has 0 saturated heterocycles. The standard InChI is InChI=1S/C29H23ClN2O4/c1-20-5-7-22(8-6-20)19-35-26-15-11-23(12-16-26)28(33)32-31-18-21-9-13-27(14-10-21)36-29(34)24-3-2-4-25(30)17-24/h2-18H,19H2,1H3,(H,32,33)/b31-18+. The third-order valence-electron chi connectivity index (χ3n) is 5.17. The molecule has 4 aromatic carbocycles. The molecule has 180 valence electrons. The van der Waals surface area contributed by atoms with E-state index < -0.39 is 5.97 Å². The van der Waals surface area contributed by atoms with Crippen LogP contribution in [0.1, 0.15) is 37.4 Å². The maximum absolute atomic E-state index is 12.4. The highest BCUT2D eigenvalue weighted by molar-refractivity contribution is 6.30. The maximum atomic E-state index is 12.4. The number of aryl methyl sites for hydroxylation is 1. The molecule has 1 amide bonds. The molecular formula is C29H23ClN2O4. The maximum Gasteiger partial charge on any atom is 0.343 e. The van der Waals surface area contributed by atoms with Gasteiger partial charge in [0.1, 0.15) is 18.1 Å². The number of halogens is 1. The number of esters is 1. The van der Waals surface area contributed by atoms with Crippen molar-refractivity contribution in [3.05, 3.63) is 130 Å². The minimum absolute atomic E-state index is 0.344. The second-order valence-corrected chi connectivity index (χ2v) is 8.40. The van der Waals surface area contributed by atoms with E-state index in [1.165, 1.54) is 11.8 Å². The minimum atomic E-state index is -0.502. The molecule has 0 aliphatic rings. The highest BCUT2D eigenvalue weighted by atomic mass is 35.5. The highest BCUT2D eigenvalue weighted by Gasteiger charge is 2.09. The van der Waals surface area contributed by atoms with Gasteiger partial charge in [-0.05, 0) is 84.8 Å². The van der Waals surface area contributed by atoms with Crippen LogP contribution in [0.3, 0.4) is 0 Å². The number of rotatable bonds is 8. The van der Waals surface area contributed by atoms with Crippen LogP contribution >= 0.6 is 11.6 Å². The van der Waals surface area contributed by atoms with Gasteiger partial charge in [0, 0.05) is 10.6 Å². The normalized spacial score (nSPS) is 10.7. The van der Waals surface area contributed by atoms with E-state index in [0.29, 0.717) is 34.3 Å². The molecule has 6 nitrogen and oxygen atoms in total. The molecule has 0 atom stereocenters. The molecule has 0 bridgehead atoms. The molecule has 7 heteroatoms. The molecule has 0 unspecified atom stereocenters. The Balaban J connectivity index is 1.25. The third kappa shape index (κ3) is 7.04. The van der Waals surface area contributed by atoms with Crippen LogP contribution in [-0.4, -0.2) is 18.1 Å². The molecule has 0 heterocycles. The van der Waals surface area contributed by atoms with Gasteiger partial charge in [0.2, 0.25) is 0 Å². The second-order valence-electron chi connectivity index (χ2n) is 7.97. The zero-order valence-corrected chi connectivity index (χ0v) is 20.2. The van der Waals surface area contributed by atoms with Gasteiger partial charge in [0.25, 0.3) is 5.91 Å². The number of nitrogens with zero attached hydrogens (tertiary/aromatic N) is 1. The first-order chi connectivity index (χ1) is 17.5. The molecule has 0 aromatic heterocycles. The molecule has 0 fully saturated rings. The van der Waals surface area contributed by atoms with Gasteiger partial charge in [-0.15, -0.1) is 0 Å². The van der Waals surface area contributed by atoms with Gasteiger partial charge in [0.15, 0.2) is 0 Å². The number of carbonyl (C=O) groups excluding carboxylic acids is 2. The Morgan fingerprint density at radius 3 is 2.25 bits per heavy atom. The first kappa shape index (κ1) is 24.7. The predicted octanol–water partition coefficient (Wildman–Crippen LogP) is 6.21. The van der Waals surface area contributed by atoms with Gasteiger partial charge in [-0.25, -0.2) is 10.2 Å². The van der Waals surface area contributed by atoms with Crippen LogP contribution in [0.25, 0.3) is 0 Å². The molecule has 0 aliphatic heterocycles. The van der Waals surface area contributed by atoms with Crippen LogP contribution in [-0.2, 0) is 6.61 Å². The molecule has 0 saturated carbocycles. The van der Waals surface area contributed by atoms with Crippen LogP contribution in [0.5, 0.6) is 11.5 Å². The Morgan fingerprint density at radius 2 is 1.56 bits per heavy atom. The van der Waals surface area contributed by atoms with Crippen LogP contribution < -0.4 is 14.9 Å². The number of amides is 1. The zero-order chi connectivity index (χ0) is 25.3. The van der Waals surface area contributed by atoms with E-state index >= 15 is 0 Å². The van der Waals surface area contributed by atoms with Crippen molar-refractivity contribution >= 4 is 29.7 Å². The Hall–Kier alpha value is -4.42. The van der Waals surface area contributed by atoms with Gasteiger partial charge in [-0.3, -0.25) is 4.79 Å². The highest BCUT2D eigenvalue weighted by Crippen LogP contribution is 2.17. The first-order valence-electron chi connectivity index (χ1n) is 11.2. The predicted molar refractivity (Wildman–Crippen MR) is 140 cm³/mol. The summed E-state index contributed by atoms with van der Waals surface area (Å²) in [4.78, 5) is 24.6. The van der Waals surface area contributed by atoms with Crippen LogP contribution in [0.2, 0.25) is 5.02 Å². The summed E-state index contributed by atoms with van der Waals surface area (Å²) in [5, 5.41) is 4.45. The summed E-state index contributed by atoms with van der Waals surface area (Å²) < 4.78 is 11.1. The smallest absolute Gasteiger partial charge is 0.343 e. The van der Waals surface area contributed by atoms with Gasteiger partial charge in [-0.2, -0.15) is 5.10 Å². The topological polar surface area (TPSA) is 77.0 Å². The fourth-order valence-electron chi connectivity index (χ4n) is 3.19. The summed E-state index contributed by atoms with van der Waals surface area (Å²) in [7, 11) is 0. The number of carbonyl (C=O) groups is 2. The molecule has 0 radical (unpaired) electrons. The summed E-state index contributed by atoms with van der Waals surface area (Å²) in [6, 6.07) is 28.2. The molecule has 4 aromatic rings. The number of hydrazone groups is 1. The Morgan fingerprint density at radius 1 is 0.861 bits per heavy atom. The van der Waals surface area contributed by atoms with Crippen LogP contribution in [0.15, 0.2) is 102 Å². The first-order valence-corrected chi connectivity index (χ1v) is 11.5. The Bertz CT molecular complexity index is 1370. The number of nitrogens with one attached hydrogen (secondary N) is 1. The van der Waals surface area contributed by atoms with Crippen molar-refractivity contribution < 1.29 is 19.1 Å². The van der Waals surface area contributed by atoms with E-state index in [4.69, 9.17) is 21.1 Å². The molecular weight excluding hydrogens is 476 g/mol. The number of hydrogen-bond donors (Lipinski definition) is 1. The number of benzene rings is 4. The molecule has 0 spiro atoms. The van der Waals surface area contributed by atoms with E-state index in [0.717, 1.165) is 11.1 Å². The quantitative estimate of drug-likeness (QED) is 0.135. The lowest BCUT2D eigenvalue weighted by atomic mass is 10.2. The third-order valence-corrected chi connectivity index (χ3v) is 5.41. The lowest BCUT2D eigenvalue weighted by molar-refractivity contribution is 0.0734. The summed E-state index contributed by atoms with van der Waals surface area (Å²) in [6.45, 7) is 2.49. The summed E-state index contributed by atoms with van der Waals surface area (Å²) in [5.74, 6) is 0.207. The van der Waals surface area contributed by atoms with E-state index in [2.05, 4.69) is 10.5 Å². The number of hydrogen-bond acceptors (Lipinski definition) is 5. The molecule has 4 rings (SSSR count). The van der Waals surface area contributed by atoms with E-state index in [1.807, 2.05) is 31.2 Å². The zero-order valence-electron chi connectivity index (χ0n) is 19.5. The fraction of sp³-hybridized carbons (Fsp3) is 0.0690. The van der Waals surface area contributed by atoms with Gasteiger partial charge < -0.3 is 9.47 Å². The SMILES string of the molecule is Cc1ccc(COc2ccc(C(=O)N/N=C/c3ccc(OC(=O)c4cccc(Cl)c4)cc3)cc2)cc1. The fourth-order valence-corrected chi connectivity index (χ4v) is 3.38. The van der Waals surface area contributed by atoms with Crippen molar-refractivity contribution in [2.45, 2.75) is 13.5 Å². The average Bonchev–Trinajstić information content (AvgIpc) is 2.89. The average molecular weight is 499 g/mol.